The molecule has 5 heteroatoms. The molecule has 1 atom stereocenters. The van der Waals surface area contributed by atoms with Crippen molar-refractivity contribution >= 4 is 32.7 Å². The van der Waals surface area contributed by atoms with E-state index in [1.165, 1.54) is 24.2 Å². The minimum atomic E-state index is -0.265. The molecular formula is C16H22N2O2S. The minimum absolute atomic E-state index is 0.265. The van der Waals surface area contributed by atoms with Gasteiger partial charge in [0, 0.05) is 0 Å². The number of hydrogen-bond donors (Lipinski definition) is 1. The zero-order chi connectivity index (χ0) is 15.2. The van der Waals surface area contributed by atoms with Gasteiger partial charge in [0.25, 0.3) is 0 Å². The highest BCUT2D eigenvalue weighted by molar-refractivity contribution is 7.22. The zero-order valence-electron chi connectivity index (χ0n) is 12.6. The molecule has 4 nitrogen and oxygen atoms in total. The molecule has 114 valence electrons. The van der Waals surface area contributed by atoms with Crippen molar-refractivity contribution < 1.29 is 9.53 Å². The van der Waals surface area contributed by atoms with Gasteiger partial charge in [-0.05, 0) is 30.5 Å². The number of thiazole rings is 1. The minimum Gasteiger partial charge on any atom is -0.462 e. The fourth-order valence-electron chi connectivity index (χ4n) is 2.24. The molecule has 0 aliphatic heterocycles. The number of benzene rings is 1. The predicted molar refractivity (Wildman–Crippen MR) is 87.6 cm³/mol. The highest BCUT2D eigenvalue weighted by Crippen LogP contribution is 2.25. The molecule has 0 aliphatic carbocycles. The van der Waals surface area contributed by atoms with E-state index in [1.54, 1.807) is 12.1 Å². The van der Waals surface area contributed by atoms with Crippen LogP contribution < -0.4 is 5.73 Å². The van der Waals surface area contributed by atoms with Crippen molar-refractivity contribution in [2.75, 3.05) is 12.3 Å². The zero-order valence-corrected chi connectivity index (χ0v) is 13.4. The average molecular weight is 306 g/mol. The topological polar surface area (TPSA) is 65.2 Å². The van der Waals surface area contributed by atoms with Gasteiger partial charge >= 0.3 is 5.97 Å². The molecule has 0 unspecified atom stereocenters. The lowest BCUT2D eigenvalue weighted by Crippen LogP contribution is -2.14. The number of unbranched alkanes of at least 4 members (excludes halogenated alkanes) is 1. The Morgan fingerprint density at radius 2 is 2.24 bits per heavy atom. The van der Waals surface area contributed by atoms with E-state index in [0.29, 0.717) is 23.2 Å². The van der Waals surface area contributed by atoms with Crippen LogP contribution in [0.15, 0.2) is 18.2 Å². The molecule has 1 aromatic carbocycles. The molecule has 2 N–H and O–H groups in total. The number of nitrogens with zero attached hydrogens (tertiary/aromatic N) is 1. The predicted octanol–water partition coefficient (Wildman–Crippen LogP) is 4.25. The van der Waals surface area contributed by atoms with E-state index in [9.17, 15) is 4.79 Å². The van der Waals surface area contributed by atoms with Crippen LogP contribution >= 0.6 is 11.3 Å². The molecule has 21 heavy (non-hydrogen) atoms. The molecule has 0 spiro atoms. The van der Waals surface area contributed by atoms with E-state index in [0.717, 1.165) is 23.1 Å². The van der Waals surface area contributed by atoms with Gasteiger partial charge in [0.1, 0.15) is 0 Å². The number of fused-ring (bicyclic) bond motifs is 1. The normalized spacial score (nSPS) is 12.5. The Morgan fingerprint density at radius 3 is 2.95 bits per heavy atom. The maximum atomic E-state index is 12.1. The van der Waals surface area contributed by atoms with E-state index in [1.807, 2.05) is 6.07 Å². The number of carbonyl (C=O) groups excluding carboxylic acids is 1. The van der Waals surface area contributed by atoms with Crippen molar-refractivity contribution in [3.63, 3.8) is 0 Å². The summed E-state index contributed by atoms with van der Waals surface area (Å²) in [5.41, 5.74) is 7.06. The first-order valence-corrected chi connectivity index (χ1v) is 8.28. The summed E-state index contributed by atoms with van der Waals surface area (Å²) >= 11 is 1.38. The molecule has 0 saturated carbocycles. The number of nitrogens with two attached hydrogens (primary N) is 1. The first-order chi connectivity index (χ1) is 10.1. The maximum absolute atomic E-state index is 12.1. The van der Waals surface area contributed by atoms with E-state index < -0.39 is 0 Å². The summed E-state index contributed by atoms with van der Waals surface area (Å²) in [6.45, 7) is 4.81. The lowest BCUT2D eigenvalue weighted by molar-refractivity contribution is 0.0428. The summed E-state index contributed by atoms with van der Waals surface area (Å²) in [6.07, 6.45) is 4.51. The number of rotatable bonds is 7. The summed E-state index contributed by atoms with van der Waals surface area (Å²) in [5.74, 6) is 0.190. The summed E-state index contributed by atoms with van der Waals surface area (Å²) in [4.78, 5) is 16.3. The molecule has 2 aromatic rings. The van der Waals surface area contributed by atoms with Crippen LogP contribution in [-0.4, -0.2) is 17.6 Å². The van der Waals surface area contributed by atoms with Crippen molar-refractivity contribution in [3.8, 4) is 0 Å². The quantitative estimate of drug-likeness (QED) is 0.777. The monoisotopic (exact) mass is 306 g/mol. The van der Waals surface area contributed by atoms with E-state index in [4.69, 9.17) is 10.5 Å². The summed E-state index contributed by atoms with van der Waals surface area (Å²) in [6, 6.07) is 5.36. The second-order valence-corrected chi connectivity index (χ2v) is 6.31. The van der Waals surface area contributed by atoms with Crippen LogP contribution in [0.2, 0.25) is 0 Å². The third kappa shape index (κ3) is 4.17. The Hall–Kier alpha value is -1.62. The standard InChI is InChI=1S/C16H22N2O2S/c1-3-5-6-11(4-2)10-20-15(19)12-7-8-13-14(9-12)21-16(17)18-13/h7-9,11H,3-6,10H2,1-2H3,(H2,17,18)/t11-/m0/s1. The summed E-state index contributed by atoms with van der Waals surface area (Å²) in [5, 5.41) is 0.515. The molecule has 0 fully saturated rings. The van der Waals surface area contributed by atoms with Crippen molar-refractivity contribution in [1.82, 2.24) is 4.98 Å². The molecule has 0 aliphatic rings. The number of anilines is 1. The van der Waals surface area contributed by atoms with Crippen molar-refractivity contribution in [2.45, 2.75) is 39.5 Å². The van der Waals surface area contributed by atoms with Crippen LogP contribution in [0.4, 0.5) is 5.13 Å². The van der Waals surface area contributed by atoms with Crippen molar-refractivity contribution in [2.24, 2.45) is 5.92 Å². The maximum Gasteiger partial charge on any atom is 0.338 e. The lowest BCUT2D eigenvalue weighted by Gasteiger charge is -2.14. The fourth-order valence-corrected chi connectivity index (χ4v) is 3.02. The second kappa shape index (κ2) is 7.41. The molecule has 0 radical (unpaired) electrons. The lowest BCUT2D eigenvalue weighted by atomic mass is 10.0. The van der Waals surface area contributed by atoms with Crippen molar-refractivity contribution in [1.29, 1.82) is 0 Å². The Labute approximate surface area is 129 Å². The largest absolute Gasteiger partial charge is 0.462 e. The van der Waals surface area contributed by atoms with Gasteiger partial charge in [-0.25, -0.2) is 9.78 Å². The van der Waals surface area contributed by atoms with Crippen LogP contribution in [0.25, 0.3) is 10.2 Å². The van der Waals surface area contributed by atoms with Gasteiger partial charge in [-0.1, -0.05) is 44.4 Å². The first kappa shape index (κ1) is 15.8. The number of hydrogen-bond acceptors (Lipinski definition) is 5. The molecule has 0 saturated heterocycles. The number of esters is 1. The van der Waals surface area contributed by atoms with Gasteiger partial charge in [0.2, 0.25) is 0 Å². The third-order valence-electron chi connectivity index (χ3n) is 3.63. The van der Waals surface area contributed by atoms with Crippen LogP contribution in [0.1, 0.15) is 49.9 Å². The molecule has 0 amide bonds. The van der Waals surface area contributed by atoms with Crippen LogP contribution in [0.5, 0.6) is 0 Å². The number of aromatic nitrogens is 1. The van der Waals surface area contributed by atoms with Gasteiger partial charge in [-0.3, -0.25) is 0 Å². The molecule has 1 heterocycles. The van der Waals surface area contributed by atoms with Crippen LogP contribution in [0.3, 0.4) is 0 Å². The average Bonchev–Trinajstić information content (AvgIpc) is 2.86. The molecule has 0 bridgehead atoms. The Morgan fingerprint density at radius 1 is 1.43 bits per heavy atom. The van der Waals surface area contributed by atoms with Crippen LogP contribution in [-0.2, 0) is 4.74 Å². The highest BCUT2D eigenvalue weighted by atomic mass is 32.1. The Balaban J connectivity index is 1.97. The van der Waals surface area contributed by atoms with Gasteiger partial charge in [0.15, 0.2) is 5.13 Å². The molecular weight excluding hydrogens is 284 g/mol. The summed E-state index contributed by atoms with van der Waals surface area (Å²) in [7, 11) is 0. The number of nitrogen functional groups attached to an aromatic ring is 1. The van der Waals surface area contributed by atoms with Gasteiger partial charge in [-0.15, -0.1) is 0 Å². The smallest absolute Gasteiger partial charge is 0.338 e. The van der Waals surface area contributed by atoms with Crippen molar-refractivity contribution in [3.05, 3.63) is 23.8 Å². The highest BCUT2D eigenvalue weighted by Gasteiger charge is 2.13. The van der Waals surface area contributed by atoms with Gasteiger partial charge in [-0.2, -0.15) is 0 Å². The Kier molecular flexibility index (Phi) is 5.56. The number of carbonyl (C=O) groups is 1. The van der Waals surface area contributed by atoms with E-state index in [2.05, 4.69) is 18.8 Å². The first-order valence-electron chi connectivity index (χ1n) is 7.47. The second-order valence-electron chi connectivity index (χ2n) is 5.25. The van der Waals surface area contributed by atoms with Gasteiger partial charge in [0.05, 0.1) is 22.4 Å². The molecule has 1 aromatic heterocycles. The fraction of sp³-hybridized carbons (Fsp3) is 0.500. The molecule has 2 rings (SSSR count). The van der Waals surface area contributed by atoms with Crippen LogP contribution in [0, 0.1) is 5.92 Å². The van der Waals surface area contributed by atoms with E-state index >= 15 is 0 Å². The Bertz CT molecular complexity index is 609. The van der Waals surface area contributed by atoms with E-state index in [-0.39, 0.29) is 5.97 Å². The number of ether oxygens (including phenoxy) is 1. The SMILES string of the molecule is CCCC[C@H](CC)COC(=O)c1ccc2nc(N)sc2c1. The van der Waals surface area contributed by atoms with Gasteiger partial charge < -0.3 is 10.5 Å². The third-order valence-corrected chi connectivity index (χ3v) is 4.48. The summed E-state index contributed by atoms with van der Waals surface area (Å²) < 4.78 is 6.36.